The van der Waals surface area contributed by atoms with E-state index in [0.717, 1.165) is 17.9 Å². The smallest absolute Gasteiger partial charge is 0.106 e. The lowest BCUT2D eigenvalue weighted by atomic mass is 9.85. The third kappa shape index (κ3) is 6.19. The standard InChI is InChI=1S/C15H25NOS2/c1-12(2)13(3)18-19-14-6-8-15(4,7-5-11-17)9-10-16-14/h6,8-10,12-13,17H,5,7,11H2,1-4H3. The van der Waals surface area contributed by atoms with Crippen molar-refractivity contribution in [2.24, 2.45) is 16.3 Å². The van der Waals surface area contributed by atoms with Crippen LogP contribution in [0.3, 0.4) is 0 Å². The molecule has 1 heterocycles. The first-order valence-corrected chi connectivity index (χ1v) is 9.07. The Morgan fingerprint density at radius 3 is 2.68 bits per heavy atom. The number of aliphatic hydroxyl groups is 1. The van der Waals surface area contributed by atoms with Crippen LogP contribution in [0.15, 0.2) is 29.4 Å². The van der Waals surface area contributed by atoms with Gasteiger partial charge in [-0.25, -0.2) is 4.99 Å². The fourth-order valence-electron chi connectivity index (χ4n) is 1.55. The summed E-state index contributed by atoms with van der Waals surface area (Å²) in [6, 6.07) is 0. The zero-order chi connectivity index (χ0) is 14.3. The summed E-state index contributed by atoms with van der Waals surface area (Å²) in [5.74, 6) is 0.679. The van der Waals surface area contributed by atoms with E-state index in [2.05, 4.69) is 50.9 Å². The normalized spacial score (nSPS) is 24.4. The van der Waals surface area contributed by atoms with Gasteiger partial charge in [0.15, 0.2) is 0 Å². The van der Waals surface area contributed by atoms with Crippen LogP contribution in [0.5, 0.6) is 0 Å². The van der Waals surface area contributed by atoms with Gasteiger partial charge in [0.2, 0.25) is 0 Å². The Bertz CT molecular complexity index is 363. The first-order valence-electron chi connectivity index (χ1n) is 6.86. The lowest BCUT2D eigenvalue weighted by Crippen LogP contribution is -2.10. The van der Waals surface area contributed by atoms with E-state index in [1.807, 2.05) is 17.0 Å². The molecule has 0 aromatic carbocycles. The van der Waals surface area contributed by atoms with Crippen molar-refractivity contribution in [3.05, 3.63) is 24.4 Å². The number of aliphatic imine (C=N–C) groups is 1. The van der Waals surface area contributed by atoms with Gasteiger partial charge in [-0.05, 0) is 35.6 Å². The minimum Gasteiger partial charge on any atom is -0.396 e. The maximum Gasteiger partial charge on any atom is 0.106 e. The molecule has 2 nitrogen and oxygen atoms in total. The maximum absolute atomic E-state index is 8.95. The van der Waals surface area contributed by atoms with E-state index in [1.54, 1.807) is 10.8 Å². The Labute approximate surface area is 125 Å². The molecule has 0 amide bonds. The highest BCUT2D eigenvalue weighted by Gasteiger charge is 2.18. The Morgan fingerprint density at radius 1 is 1.32 bits per heavy atom. The zero-order valence-corrected chi connectivity index (χ0v) is 13.9. The van der Waals surface area contributed by atoms with Crippen molar-refractivity contribution in [2.75, 3.05) is 6.61 Å². The predicted octanol–water partition coefficient (Wildman–Crippen LogP) is 4.67. The summed E-state index contributed by atoms with van der Waals surface area (Å²) < 4.78 is 0. The average molecular weight is 300 g/mol. The molecule has 0 saturated carbocycles. The Kier molecular flexibility index (Phi) is 7.26. The molecule has 1 N–H and O–H groups in total. The van der Waals surface area contributed by atoms with Crippen LogP contribution >= 0.6 is 21.6 Å². The highest BCUT2D eigenvalue weighted by atomic mass is 33.1. The number of hydrogen-bond donors (Lipinski definition) is 1. The van der Waals surface area contributed by atoms with Crippen LogP contribution in [-0.4, -0.2) is 22.0 Å². The minimum absolute atomic E-state index is 0.0167. The first kappa shape index (κ1) is 16.9. The fraction of sp³-hybridized carbons (Fsp3) is 0.667. The second-order valence-corrected chi connectivity index (χ2v) is 8.18. The van der Waals surface area contributed by atoms with Crippen LogP contribution < -0.4 is 0 Å². The van der Waals surface area contributed by atoms with E-state index in [9.17, 15) is 0 Å². The van der Waals surface area contributed by atoms with Gasteiger partial charge in [0.1, 0.15) is 5.04 Å². The molecule has 1 rings (SSSR count). The molecule has 0 aromatic rings. The van der Waals surface area contributed by atoms with Crippen molar-refractivity contribution in [1.82, 2.24) is 0 Å². The Balaban J connectivity index is 2.54. The zero-order valence-electron chi connectivity index (χ0n) is 12.3. The van der Waals surface area contributed by atoms with Crippen molar-refractivity contribution in [2.45, 2.75) is 45.8 Å². The number of allylic oxidation sites excluding steroid dienone is 2. The fourth-order valence-corrected chi connectivity index (χ4v) is 3.97. The summed E-state index contributed by atoms with van der Waals surface area (Å²) in [5, 5.41) is 10.6. The molecule has 0 spiro atoms. The van der Waals surface area contributed by atoms with Crippen molar-refractivity contribution in [1.29, 1.82) is 0 Å². The topological polar surface area (TPSA) is 32.6 Å². The third-order valence-electron chi connectivity index (χ3n) is 3.36. The van der Waals surface area contributed by atoms with Crippen molar-refractivity contribution < 1.29 is 5.11 Å². The van der Waals surface area contributed by atoms with E-state index >= 15 is 0 Å². The Morgan fingerprint density at radius 2 is 2.05 bits per heavy atom. The second kappa shape index (κ2) is 8.18. The average Bonchev–Trinajstić information content (AvgIpc) is 2.56. The molecule has 108 valence electrons. The minimum atomic E-state index is 0.0167. The number of rotatable bonds is 6. The van der Waals surface area contributed by atoms with Gasteiger partial charge >= 0.3 is 0 Å². The van der Waals surface area contributed by atoms with Gasteiger partial charge in [-0.15, -0.1) is 0 Å². The van der Waals surface area contributed by atoms with E-state index in [0.29, 0.717) is 11.2 Å². The molecular formula is C15H25NOS2. The molecule has 0 bridgehead atoms. The summed E-state index contributed by atoms with van der Waals surface area (Å²) in [4.78, 5) is 4.49. The molecule has 1 aliphatic heterocycles. The summed E-state index contributed by atoms with van der Waals surface area (Å²) in [6.45, 7) is 9.18. The van der Waals surface area contributed by atoms with Crippen LogP contribution in [-0.2, 0) is 0 Å². The van der Waals surface area contributed by atoms with E-state index < -0.39 is 0 Å². The van der Waals surface area contributed by atoms with E-state index in [1.165, 1.54) is 0 Å². The summed E-state index contributed by atoms with van der Waals surface area (Å²) in [7, 11) is 3.63. The van der Waals surface area contributed by atoms with Gasteiger partial charge in [-0.2, -0.15) is 0 Å². The second-order valence-electron chi connectivity index (χ2n) is 5.58. The predicted molar refractivity (Wildman–Crippen MR) is 89.6 cm³/mol. The summed E-state index contributed by atoms with van der Waals surface area (Å²) >= 11 is 0. The van der Waals surface area contributed by atoms with E-state index in [4.69, 9.17) is 5.11 Å². The monoisotopic (exact) mass is 299 g/mol. The summed E-state index contributed by atoms with van der Waals surface area (Å²) in [5.41, 5.74) is 0.0167. The highest BCUT2D eigenvalue weighted by molar-refractivity contribution is 8.82. The van der Waals surface area contributed by atoms with Crippen LogP contribution in [0.1, 0.15) is 40.5 Å². The SMILES string of the molecule is CC(C)C(C)SSC1=NC=CC(C)(CCCO)C=C1. The third-order valence-corrected chi connectivity index (χ3v) is 6.43. The van der Waals surface area contributed by atoms with Gasteiger partial charge in [-0.1, -0.05) is 50.6 Å². The van der Waals surface area contributed by atoms with Crippen molar-refractivity contribution >= 4 is 26.6 Å². The van der Waals surface area contributed by atoms with Crippen LogP contribution in [0.4, 0.5) is 0 Å². The molecule has 0 radical (unpaired) electrons. The number of hydrogen-bond acceptors (Lipinski definition) is 4. The van der Waals surface area contributed by atoms with Crippen LogP contribution in [0.25, 0.3) is 0 Å². The molecule has 0 saturated heterocycles. The maximum atomic E-state index is 8.95. The first-order chi connectivity index (χ1) is 8.97. The molecule has 1 aliphatic rings. The van der Waals surface area contributed by atoms with Gasteiger partial charge in [0, 0.05) is 23.5 Å². The molecule has 0 aromatic heterocycles. The molecule has 0 aliphatic carbocycles. The highest BCUT2D eigenvalue weighted by Crippen LogP contribution is 2.35. The molecule has 4 heteroatoms. The lowest BCUT2D eigenvalue weighted by Gasteiger charge is -2.20. The van der Waals surface area contributed by atoms with Crippen LogP contribution in [0, 0.1) is 11.3 Å². The molecule has 0 fully saturated rings. The largest absolute Gasteiger partial charge is 0.396 e. The van der Waals surface area contributed by atoms with Crippen LogP contribution in [0.2, 0.25) is 0 Å². The quantitative estimate of drug-likeness (QED) is 0.723. The van der Waals surface area contributed by atoms with Crippen molar-refractivity contribution in [3.63, 3.8) is 0 Å². The number of aliphatic hydroxyl groups excluding tert-OH is 1. The van der Waals surface area contributed by atoms with E-state index in [-0.39, 0.29) is 12.0 Å². The number of nitrogens with zero attached hydrogens (tertiary/aromatic N) is 1. The molecular weight excluding hydrogens is 274 g/mol. The van der Waals surface area contributed by atoms with Gasteiger partial charge < -0.3 is 5.11 Å². The summed E-state index contributed by atoms with van der Waals surface area (Å²) in [6.07, 6.45) is 10.1. The lowest BCUT2D eigenvalue weighted by molar-refractivity contribution is 0.269. The van der Waals surface area contributed by atoms with Gasteiger partial charge in [0.05, 0.1) is 0 Å². The van der Waals surface area contributed by atoms with Crippen molar-refractivity contribution in [3.8, 4) is 0 Å². The van der Waals surface area contributed by atoms with Gasteiger partial charge in [-0.3, -0.25) is 0 Å². The molecule has 2 atom stereocenters. The van der Waals surface area contributed by atoms with Gasteiger partial charge in [0.25, 0.3) is 0 Å². The Hall–Kier alpha value is -0.190. The molecule has 19 heavy (non-hydrogen) atoms. The molecule has 2 unspecified atom stereocenters.